The number of nitrogens with one attached hydrogen (secondary N) is 2. The van der Waals surface area contributed by atoms with Crippen LogP contribution in [0.2, 0.25) is 0 Å². The number of aliphatic carboxylic acids is 1. The van der Waals surface area contributed by atoms with Crippen LogP contribution in [-0.4, -0.2) is 57.9 Å². The zero-order valence-electron chi connectivity index (χ0n) is 35.6. The first-order chi connectivity index (χ1) is 25.2. The van der Waals surface area contributed by atoms with Gasteiger partial charge in [0.1, 0.15) is 0 Å². The van der Waals surface area contributed by atoms with E-state index in [-0.39, 0.29) is 57.3 Å². The largest absolute Gasteiger partial charge is 0.481 e. The smallest absolute Gasteiger partial charge is 0.306 e. The third-order valence-electron chi connectivity index (χ3n) is 17.4. The number of hydrogen-bond donors (Lipinski definition) is 5. The Kier molecular flexibility index (Phi) is 13.2. The average Bonchev–Trinajstić information content (AvgIpc) is 3.08. The van der Waals surface area contributed by atoms with Gasteiger partial charge in [-0.25, -0.2) is 0 Å². The molecule has 0 saturated heterocycles. The van der Waals surface area contributed by atoms with E-state index in [0.29, 0.717) is 49.0 Å². The number of carboxylic acids is 1. The molecule has 308 valence electrons. The molecule has 6 unspecified atom stereocenters. The van der Waals surface area contributed by atoms with Crippen molar-refractivity contribution in [3.63, 3.8) is 0 Å². The van der Waals surface area contributed by atoms with E-state index in [1.807, 2.05) is 13.8 Å². The summed E-state index contributed by atoms with van der Waals surface area (Å²) in [6.07, 6.45) is 16.0. The zero-order chi connectivity index (χ0) is 39.9. The lowest BCUT2D eigenvalue weighted by Crippen LogP contribution is -2.68. The first kappa shape index (κ1) is 43.2. The summed E-state index contributed by atoms with van der Waals surface area (Å²) in [4.78, 5) is 38.2. The van der Waals surface area contributed by atoms with Crippen molar-refractivity contribution >= 4 is 17.8 Å². The second-order valence-electron chi connectivity index (χ2n) is 20.9. The molecule has 12 atom stereocenters. The molecule has 5 rings (SSSR count). The number of hydrogen-bond acceptors (Lipinski definition) is 5. The molecular formula is C46H78N2O6. The summed E-state index contributed by atoms with van der Waals surface area (Å²) in [6, 6.07) is -0.553. The van der Waals surface area contributed by atoms with Crippen molar-refractivity contribution in [1.82, 2.24) is 10.6 Å². The molecule has 54 heavy (non-hydrogen) atoms. The van der Waals surface area contributed by atoms with Crippen LogP contribution < -0.4 is 10.6 Å². The highest BCUT2D eigenvalue weighted by Crippen LogP contribution is 2.76. The van der Waals surface area contributed by atoms with E-state index in [4.69, 9.17) is 5.11 Å². The van der Waals surface area contributed by atoms with Gasteiger partial charge in [0.05, 0.1) is 30.1 Å². The number of carbonyl (C=O) groups is 3. The normalized spacial score (nSPS) is 39.5. The van der Waals surface area contributed by atoms with Gasteiger partial charge in [0.2, 0.25) is 11.8 Å². The Hall–Kier alpha value is -1.93. The summed E-state index contributed by atoms with van der Waals surface area (Å²) in [5.74, 6) is 1.77. The molecule has 0 bridgehead atoms. The summed E-state index contributed by atoms with van der Waals surface area (Å²) in [6.45, 7) is 21.9. The Morgan fingerprint density at radius 2 is 1.56 bits per heavy atom. The van der Waals surface area contributed by atoms with Crippen LogP contribution in [0.15, 0.2) is 11.6 Å². The minimum absolute atomic E-state index is 0.0455. The molecule has 4 saturated carbocycles. The van der Waals surface area contributed by atoms with E-state index in [1.54, 1.807) is 0 Å². The van der Waals surface area contributed by atoms with E-state index >= 15 is 0 Å². The number of amides is 2. The topological polar surface area (TPSA) is 136 Å². The van der Waals surface area contributed by atoms with Gasteiger partial charge in [-0.2, -0.15) is 0 Å². The number of allylic oxidation sites excluding steroid dienone is 2. The van der Waals surface area contributed by atoms with Crippen molar-refractivity contribution in [2.24, 2.45) is 62.6 Å². The van der Waals surface area contributed by atoms with Crippen molar-refractivity contribution in [2.45, 2.75) is 190 Å². The van der Waals surface area contributed by atoms with Gasteiger partial charge in [0, 0.05) is 13.0 Å². The molecule has 4 fully saturated rings. The first-order valence-corrected chi connectivity index (χ1v) is 22.1. The second-order valence-corrected chi connectivity index (χ2v) is 20.9. The van der Waals surface area contributed by atoms with Gasteiger partial charge >= 0.3 is 5.97 Å². The lowest BCUT2D eigenvalue weighted by atomic mass is 9.31. The van der Waals surface area contributed by atoms with Crippen molar-refractivity contribution in [3.8, 4) is 0 Å². The van der Waals surface area contributed by atoms with Gasteiger partial charge < -0.3 is 26.0 Å². The standard InChI is InChI=1S/C46H78N2O6/c1-29(2)27-33(34(49)28-39(52)53)48-38(51)15-13-11-10-12-14-26-47-41(54)46-23-18-30(3)31(4)40(46)32-16-17-36-43(7)21-20-37(50)42(5,6)35(43)19-22-45(36,9)44(32,8)24-25-46/h18,29,31-37,40,49-50H,10-17,19-28H2,1-9H3,(H,47,54)(H,48,51)(H,52,53)/t31-,32?,33?,34?,35?,36?,37+,40?,43+,44-,45-,46+/m1/s1. The van der Waals surface area contributed by atoms with E-state index < -0.39 is 18.1 Å². The fourth-order valence-corrected chi connectivity index (χ4v) is 14.0. The van der Waals surface area contributed by atoms with Crippen LogP contribution in [0, 0.1) is 62.6 Å². The van der Waals surface area contributed by atoms with Gasteiger partial charge in [-0.05, 0) is 141 Å². The number of carbonyl (C=O) groups excluding carboxylic acids is 2. The molecule has 0 heterocycles. The molecule has 0 aromatic rings. The Balaban J connectivity index is 1.15. The maximum absolute atomic E-state index is 14.5. The fraction of sp³-hybridized carbons (Fsp3) is 0.891. The van der Waals surface area contributed by atoms with Gasteiger partial charge in [0.15, 0.2) is 0 Å². The average molecular weight is 755 g/mol. The monoisotopic (exact) mass is 755 g/mol. The van der Waals surface area contributed by atoms with E-state index in [1.165, 1.54) is 31.3 Å². The maximum atomic E-state index is 14.5. The molecule has 5 N–H and O–H groups in total. The zero-order valence-corrected chi connectivity index (χ0v) is 35.6. The fourth-order valence-electron chi connectivity index (χ4n) is 14.0. The molecule has 0 radical (unpaired) electrons. The van der Waals surface area contributed by atoms with Crippen LogP contribution in [-0.2, 0) is 14.4 Å². The number of rotatable bonds is 15. The van der Waals surface area contributed by atoms with Crippen LogP contribution in [0.4, 0.5) is 0 Å². The molecule has 5 aliphatic carbocycles. The Bertz CT molecular complexity index is 1390. The lowest BCUT2D eigenvalue weighted by Gasteiger charge is -2.73. The van der Waals surface area contributed by atoms with Crippen molar-refractivity contribution in [1.29, 1.82) is 0 Å². The van der Waals surface area contributed by atoms with Crippen molar-refractivity contribution < 1.29 is 29.7 Å². The summed E-state index contributed by atoms with van der Waals surface area (Å²) in [7, 11) is 0. The summed E-state index contributed by atoms with van der Waals surface area (Å²) in [5.41, 5.74) is 1.74. The molecule has 8 nitrogen and oxygen atoms in total. The van der Waals surface area contributed by atoms with Gasteiger partial charge in [-0.3, -0.25) is 14.4 Å². The Labute approximate surface area is 327 Å². The minimum Gasteiger partial charge on any atom is -0.481 e. The van der Waals surface area contributed by atoms with Crippen LogP contribution in [0.5, 0.6) is 0 Å². The van der Waals surface area contributed by atoms with E-state index in [0.717, 1.165) is 64.2 Å². The van der Waals surface area contributed by atoms with Crippen LogP contribution >= 0.6 is 0 Å². The summed E-state index contributed by atoms with van der Waals surface area (Å²) in [5, 5.41) is 36.8. The predicted octanol–water partition coefficient (Wildman–Crippen LogP) is 8.83. The quantitative estimate of drug-likeness (QED) is 0.0838. The first-order valence-electron chi connectivity index (χ1n) is 22.1. The third-order valence-corrected chi connectivity index (χ3v) is 17.4. The van der Waals surface area contributed by atoms with Crippen LogP contribution in [0.25, 0.3) is 0 Å². The lowest BCUT2D eigenvalue weighted by molar-refractivity contribution is -0.250. The SMILES string of the molecule is CC1=CC[C@]2(C(=O)NCCCCCCCC(=O)NC(CC(C)C)C(O)CC(=O)O)CC[C@]3(C)C(CCC4[C@@]5(C)CC[C@H](O)C(C)(C)C5CC[C@]43C)C2[C@@H]1C. The van der Waals surface area contributed by atoms with E-state index in [9.17, 15) is 24.6 Å². The Morgan fingerprint density at radius 3 is 2.24 bits per heavy atom. The molecular weight excluding hydrogens is 677 g/mol. The molecule has 2 amide bonds. The highest BCUT2D eigenvalue weighted by molar-refractivity contribution is 5.84. The highest BCUT2D eigenvalue weighted by Gasteiger charge is 2.71. The minimum atomic E-state index is -1.10. The molecule has 8 heteroatoms. The number of aliphatic hydroxyl groups is 2. The molecule has 0 aromatic heterocycles. The summed E-state index contributed by atoms with van der Waals surface area (Å²) < 4.78 is 0. The van der Waals surface area contributed by atoms with Crippen LogP contribution in [0.1, 0.15) is 171 Å². The van der Waals surface area contributed by atoms with E-state index in [2.05, 4.69) is 65.2 Å². The van der Waals surface area contributed by atoms with Crippen LogP contribution in [0.3, 0.4) is 0 Å². The molecule has 5 aliphatic rings. The molecule has 0 aliphatic heterocycles. The highest BCUT2D eigenvalue weighted by atomic mass is 16.4. The predicted molar refractivity (Wildman–Crippen MR) is 215 cm³/mol. The van der Waals surface area contributed by atoms with Crippen molar-refractivity contribution in [2.75, 3.05) is 6.54 Å². The summed E-state index contributed by atoms with van der Waals surface area (Å²) >= 11 is 0. The number of aliphatic hydroxyl groups excluding tert-OH is 2. The number of carboxylic acid groups (broad SMARTS) is 1. The molecule has 0 aromatic carbocycles. The second kappa shape index (κ2) is 16.5. The van der Waals surface area contributed by atoms with Crippen molar-refractivity contribution in [3.05, 3.63) is 11.6 Å². The molecule has 0 spiro atoms. The number of fused-ring (bicyclic) bond motifs is 7. The van der Waals surface area contributed by atoms with Gasteiger partial charge in [-0.1, -0.05) is 86.3 Å². The Morgan fingerprint density at radius 1 is 0.870 bits per heavy atom. The maximum Gasteiger partial charge on any atom is 0.306 e. The third kappa shape index (κ3) is 7.83. The van der Waals surface area contributed by atoms with Gasteiger partial charge in [-0.15, -0.1) is 0 Å². The van der Waals surface area contributed by atoms with Gasteiger partial charge in [0.25, 0.3) is 0 Å². The number of unbranched alkanes of at least 4 members (excludes halogenated alkanes) is 4.